The van der Waals surface area contributed by atoms with E-state index in [0.29, 0.717) is 26.9 Å². The summed E-state index contributed by atoms with van der Waals surface area (Å²) in [5.41, 5.74) is 7.06. The van der Waals surface area contributed by atoms with Gasteiger partial charge in [0.05, 0.1) is 18.2 Å². The summed E-state index contributed by atoms with van der Waals surface area (Å²) in [5.74, 6) is 0.146. The minimum atomic E-state index is -0.637. The molecule has 0 saturated heterocycles. The molecule has 2 aromatic carbocycles. The lowest BCUT2D eigenvalue weighted by atomic mass is 9.99. The van der Waals surface area contributed by atoms with Crippen LogP contribution in [0.2, 0.25) is 10.0 Å². The van der Waals surface area contributed by atoms with E-state index in [9.17, 15) is 4.39 Å². The van der Waals surface area contributed by atoms with Gasteiger partial charge in [-0.05, 0) is 35.9 Å². The van der Waals surface area contributed by atoms with E-state index in [0.717, 1.165) is 0 Å². The summed E-state index contributed by atoms with van der Waals surface area (Å²) in [7, 11) is 1.53. The van der Waals surface area contributed by atoms with Gasteiger partial charge in [0.15, 0.2) is 0 Å². The monoisotopic (exact) mass is 299 g/mol. The SMILES string of the molecule is COc1ccc(C(N)c2cc(Cl)ccc2F)cc1Cl. The molecule has 2 nitrogen and oxygen atoms in total. The van der Waals surface area contributed by atoms with Crippen molar-refractivity contribution in [1.82, 2.24) is 0 Å². The number of ether oxygens (including phenoxy) is 1. The minimum absolute atomic E-state index is 0.328. The molecule has 2 rings (SSSR count). The molecule has 0 heterocycles. The molecule has 0 aliphatic heterocycles. The van der Waals surface area contributed by atoms with Crippen LogP contribution >= 0.6 is 23.2 Å². The highest BCUT2D eigenvalue weighted by molar-refractivity contribution is 6.32. The van der Waals surface area contributed by atoms with Gasteiger partial charge in [-0.15, -0.1) is 0 Å². The van der Waals surface area contributed by atoms with Crippen molar-refractivity contribution in [1.29, 1.82) is 0 Å². The van der Waals surface area contributed by atoms with Crippen LogP contribution in [-0.4, -0.2) is 7.11 Å². The van der Waals surface area contributed by atoms with Crippen molar-refractivity contribution in [2.24, 2.45) is 5.73 Å². The Hall–Kier alpha value is -1.29. The Kier molecular flexibility index (Phi) is 4.30. The van der Waals surface area contributed by atoms with E-state index in [1.54, 1.807) is 18.2 Å². The van der Waals surface area contributed by atoms with Gasteiger partial charge >= 0.3 is 0 Å². The average Bonchev–Trinajstić information content (AvgIpc) is 2.40. The second-order valence-corrected chi connectivity index (χ2v) is 4.88. The number of nitrogens with two attached hydrogens (primary N) is 1. The Bertz CT molecular complexity index is 604. The maximum atomic E-state index is 13.8. The third-order valence-electron chi connectivity index (χ3n) is 2.83. The summed E-state index contributed by atoms with van der Waals surface area (Å²) in [4.78, 5) is 0. The van der Waals surface area contributed by atoms with Gasteiger partial charge in [-0.2, -0.15) is 0 Å². The molecule has 0 amide bonds. The van der Waals surface area contributed by atoms with Crippen molar-refractivity contribution >= 4 is 23.2 Å². The number of rotatable bonds is 3. The Morgan fingerprint density at radius 2 is 1.89 bits per heavy atom. The summed E-state index contributed by atoms with van der Waals surface area (Å²) >= 11 is 11.9. The lowest BCUT2D eigenvalue weighted by Crippen LogP contribution is -2.13. The van der Waals surface area contributed by atoms with Crippen molar-refractivity contribution in [2.45, 2.75) is 6.04 Å². The van der Waals surface area contributed by atoms with E-state index in [1.165, 1.54) is 25.3 Å². The lowest BCUT2D eigenvalue weighted by Gasteiger charge is -2.15. The first-order chi connectivity index (χ1) is 9.02. The molecule has 1 unspecified atom stereocenters. The summed E-state index contributed by atoms with van der Waals surface area (Å²) in [6.07, 6.45) is 0. The van der Waals surface area contributed by atoms with Gasteiger partial charge in [0.25, 0.3) is 0 Å². The first kappa shape index (κ1) is 14.1. The number of methoxy groups -OCH3 is 1. The Morgan fingerprint density at radius 3 is 2.53 bits per heavy atom. The van der Waals surface area contributed by atoms with Crippen molar-refractivity contribution in [2.75, 3.05) is 7.11 Å². The molecule has 0 bridgehead atoms. The molecule has 0 aliphatic carbocycles. The minimum Gasteiger partial charge on any atom is -0.495 e. The average molecular weight is 300 g/mol. The van der Waals surface area contributed by atoms with Crippen molar-refractivity contribution in [3.05, 3.63) is 63.4 Å². The Balaban J connectivity index is 2.41. The molecule has 0 spiro atoms. The Labute approximate surface area is 120 Å². The third kappa shape index (κ3) is 3.00. The molecule has 19 heavy (non-hydrogen) atoms. The van der Waals surface area contributed by atoms with Crippen molar-refractivity contribution in [3.63, 3.8) is 0 Å². The quantitative estimate of drug-likeness (QED) is 0.922. The van der Waals surface area contributed by atoms with Crippen LogP contribution in [-0.2, 0) is 0 Å². The van der Waals surface area contributed by atoms with E-state index in [1.807, 2.05) is 0 Å². The largest absolute Gasteiger partial charge is 0.495 e. The molecule has 2 N–H and O–H groups in total. The molecular formula is C14H12Cl2FNO. The van der Waals surface area contributed by atoms with Crippen molar-refractivity contribution in [3.8, 4) is 5.75 Å². The lowest BCUT2D eigenvalue weighted by molar-refractivity contribution is 0.415. The fourth-order valence-corrected chi connectivity index (χ4v) is 2.26. The maximum Gasteiger partial charge on any atom is 0.137 e. The van der Waals surface area contributed by atoms with Crippen LogP contribution in [0.15, 0.2) is 36.4 Å². The predicted molar refractivity (Wildman–Crippen MR) is 75.4 cm³/mol. The van der Waals surface area contributed by atoms with Crippen LogP contribution in [0.5, 0.6) is 5.75 Å². The highest BCUT2D eigenvalue weighted by Crippen LogP contribution is 2.30. The van der Waals surface area contributed by atoms with Crippen LogP contribution in [0.25, 0.3) is 0 Å². The van der Waals surface area contributed by atoms with Crippen molar-refractivity contribution < 1.29 is 9.13 Å². The smallest absolute Gasteiger partial charge is 0.137 e. The maximum absolute atomic E-state index is 13.8. The molecule has 0 aliphatic rings. The first-order valence-corrected chi connectivity index (χ1v) is 6.32. The van der Waals surface area contributed by atoms with Gasteiger partial charge in [-0.3, -0.25) is 0 Å². The predicted octanol–water partition coefficient (Wildman–Crippen LogP) is 4.19. The van der Waals surface area contributed by atoms with Crippen LogP contribution < -0.4 is 10.5 Å². The fourth-order valence-electron chi connectivity index (χ4n) is 1.81. The fraction of sp³-hybridized carbons (Fsp3) is 0.143. The van der Waals surface area contributed by atoms with E-state index >= 15 is 0 Å². The molecule has 0 aromatic heterocycles. The second-order valence-electron chi connectivity index (χ2n) is 4.04. The number of hydrogen-bond acceptors (Lipinski definition) is 2. The molecule has 100 valence electrons. The Morgan fingerprint density at radius 1 is 1.16 bits per heavy atom. The summed E-state index contributed by atoms with van der Waals surface area (Å²) in [6, 6.07) is 8.75. The van der Waals surface area contributed by atoms with Gasteiger partial charge in [-0.25, -0.2) is 4.39 Å². The van der Waals surface area contributed by atoms with Gasteiger partial charge < -0.3 is 10.5 Å². The summed E-state index contributed by atoms with van der Waals surface area (Å²) in [6.45, 7) is 0. The third-order valence-corrected chi connectivity index (χ3v) is 3.36. The van der Waals surface area contributed by atoms with Gasteiger partial charge in [0.1, 0.15) is 11.6 Å². The summed E-state index contributed by atoms with van der Waals surface area (Å²) in [5, 5.41) is 0.865. The van der Waals surface area contributed by atoms with Gasteiger partial charge in [0, 0.05) is 10.6 Å². The van der Waals surface area contributed by atoms with Crippen LogP contribution in [0.1, 0.15) is 17.2 Å². The van der Waals surface area contributed by atoms with E-state index in [-0.39, 0.29) is 0 Å². The number of hydrogen-bond donors (Lipinski definition) is 1. The molecule has 1 atom stereocenters. The van der Waals surface area contributed by atoms with Gasteiger partial charge in [0.2, 0.25) is 0 Å². The molecular weight excluding hydrogens is 288 g/mol. The summed E-state index contributed by atoms with van der Waals surface area (Å²) < 4.78 is 18.8. The van der Waals surface area contributed by atoms with Crippen LogP contribution in [0.3, 0.4) is 0 Å². The van der Waals surface area contributed by atoms with E-state index in [4.69, 9.17) is 33.7 Å². The van der Waals surface area contributed by atoms with E-state index < -0.39 is 11.9 Å². The van der Waals surface area contributed by atoms with E-state index in [2.05, 4.69) is 0 Å². The zero-order valence-corrected chi connectivity index (χ0v) is 11.7. The molecule has 0 radical (unpaired) electrons. The first-order valence-electron chi connectivity index (χ1n) is 5.57. The van der Waals surface area contributed by atoms with Crippen LogP contribution in [0.4, 0.5) is 4.39 Å². The van der Waals surface area contributed by atoms with Crippen LogP contribution in [0, 0.1) is 5.82 Å². The standard InChI is InChI=1S/C14H12Cl2FNO/c1-19-13-5-2-8(6-11(13)16)14(18)10-7-9(15)3-4-12(10)17/h2-7,14H,18H2,1H3. The second kappa shape index (κ2) is 5.78. The highest BCUT2D eigenvalue weighted by atomic mass is 35.5. The molecule has 0 saturated carbocycles. The molecule has 0 fully saturated rings. The van der Waals surface area contributed by atoms with Gasteiger partial charge in [-0.1, -0.05) is 29.3 Å². The molecule has 5 heteroatoms. The zero-order valence-electron chi connectivity index (χ0n) is 10.2. The zero-order chi connectivity index (χ0) is 14.0. The number of halogens is 3. The highest BCUT2D eigenvalue weighted by Gasteiger charge is 2.15. The topological polar surface area (TPSA) is 35.2 Å². The molecule has 2 aromatic rings. The number of benzene rings is 2. The normalized spacial score (nSPS) is 12.3.